The van der Waals surface area contributed by atoms with Gasteiger partial charge < -0.3 is 9.84 Å². The van der Waals surface area contributed by atoms with Gasteiger partial charge in [0.1, 0.15) is 17.4 Å². The van der Waals surface area contributed by atoms with E-state index in [4.69, 9.17) is 10.4 Å². The zero-order valence-corrected chi connectivity index (χ0v) is 8.43. The highest BCUT2D eigenvalue weighted by Crippen LogP contribution is 2.16. The van der Waals surface area contributed by atoms with Gasteiger partial charge in [0.05, 0.1) is 0 Å². The molecule has 0 aliphatic heterocycles. The van der Waals surface area contributed by atoms with Gasteiger partial charge in [0.25, 0.3) is 0 Å². The van der Waals surface area contributed by atoms with E-state index in [2.05, 4.69) is 4.74 Å². The summed E-state index contributed by atoms with van der Waals surface area (Å²) in [4.78, 5) is 10.5. The highest BCUT2D eigenvalue weighted by Gasteiger charge is 2.06. The summed E-state index contributed by atoms with van der Waals surface area (Å²) >= 11 is 0. The van der Waals surface area contributed by atoms with Crippen molar-refractivity contribution in [2.45, 2.75) is 6.61 Å². The molecule has 1 N–H and O–H groups in total. The van der Waals surface area contributed by atoms with Crippen LogP contribution in [0.5, 0.6) is 5.75 Å². The Morgan fingerprint density at radius 3 is 2.41 bits per heavy atom. The van der Waals surface area contributed by atoms with E-state index in [9.17, 15) is 13.6 Å². The number of hydrogen-bond donors (Lipinski definition) is 1. The number of alkyl halides is 2. The van der Waals surface area contributed by atoms with Crippen molar-refractivity contribution < 1.29 is 23.4 Å². The third-order valence-electron chi connectivity index (χ3n) is 1.77. The first-order valence-electron chi connectivity index (χ1n) is 4.43. The molecule has 17 heavy (non-hydrogen) atoms. The average Bonchev–Trinajstić information content (AvgIpc) is 2.26. The maximum absolute atomic E-state index is 11.8. The summed E-state index contributed by atoms with van der Waals surface area (Å²) in [5.41, 5.74) is -0.0295. The van der Waals surface area contributed by atoms with Crippen LogP contribution in [0, 0.1) is 11.3 Å². The van der Waals surface area contributed by atoms with Crippen molar-refractivity contribution in [1.29, 1.82) is 5.26 Å². The van der Waals surface area contributed by atoms with Crippen LogP contribution in [0.15, 0.2) is 29.8 Å². The number of benzene rings is 1. The second kappa shape index (κ2) is 5.61. The minimum atomic E-state index is -2.91. The molecule has 0 spiro atoms. The van der Waals surface area contributed by atoms with Crippen molar-refractivity contribution in [2.24, 2.45) is 0 Å². The Hall–Kier alpha value is -2.42. The third kappa shape index (κ3) is 3.91. The molecule has 0 atom stereocenters. The molecule has 0 aliphatic carbocycles. The smallest absolute Gasteiger partial charge is 0.387 e. The molecule has 0 radical (unpaired) electrons. The number of ether oxygens (including phenoxy) is 1. The van der Waals surface area contributed by atoms with Crippen molar-refractivity contribution >= 4 is 12.0 Å². The lowest BCUT2D eigenvalue weighted by Crippen LogP contribution is -2.01. The first-order valence-corrected chi connectivity index (χ1v) is 4.43. The second-order valence-electron chi connectivity index (χ2n) is 2.92. The number of carboxylic acid groups (broad SMARTS) is 1. The molecule has 0 saturated heterocycles. The van der Waals surface area contributed by atoms with Gasteiger partial charge in [-0.05, 0) is 23.8 Å². The van der Waals surface area contributed by atoms with Gasteiger partial charge in [-0.25, -0.2) is 4.79 Å². The fourth-order valence-electron chi connectivity index (χ4n) is 1.05. The molecular weight excluding hydrogens is 232 g/mol. The van der Waals surface area contributed by atoms with Gasteiger partial charge in [-0.15, -0.1) is 0 Å². The molecule has 0 heterocycles. The van der Waals surface area contributed by atoms with E-state index < -0.39 is 18.2 Å². The van der Waals surface area contributed by atoms with E-state index in [1.165, 1.54) is 30.3 Å². The molecule has 1 aromatic carbocycles. The number of hydrogen-bond acceptors (Lipinski definition) is 3. The molecule has 1 aromatic rings. The van der Waals surface area contributed by atoms with Gasteiger partial charge in [-0.3, -0.25) is 0 Å². The standard InChI is InChI=1S/C11H7F2NO3/c12-11(13)17-9-3-1-7(2-4-9)5-8(6-14)10(15)16/h1-5,11H,(H,15,16)/b8-5+. The maximum atomic E-state index is 11.8. The van der Waals surface area contributed by atoms with Crippen molar-refractivity contribution in [1.82, 2.24) is 0 Å². The fourth-order valence-corrected chi connectivity index (χ4v) is 1.05. The fraction of sp³-hybridized carbons (Fsp3) is 0.0909. The van der Waals surface area contributed by atoms with Crippen molar-refractivity contribution in [3.8, 4) is 11.8 Å². The van der Waals surface area contributed by atoms with Crippen LogP contribution < -0.4 is 4.74 Å². The Bertz CT molecular complexity index is 474. The second-order valence-corrected chi connectivity index (χ2v) is 2.92. The lowest BCUT2D eigenvalue weighted by molar-refractivity contribution is -0.132. The first kappa shape index (κ1) is 12.6. The lowest BCUT2D eigenvalue weighted by Gasteiger charge is -2.03. The Kier molecular flexibility index (Phi) is 4.17. The van der Waals surface area contributed by atoms with Crippen molar-refractivity contribution in [2.75, 3.05) is 0 Å². The van der Waals surface area contributed by atoms with E-state index in [1.807, 2.05) is 0 Å². The van der Waals surface area contributed by atoms with Gasteiger partial charge in [-0.2, -0.15) is 14.0 Å². The Labute approximate surface area is 95.4 Å². The highest BCUT2D eigenvalue weighted by molar-refractivity contribution is 5.96. The van der Waals surface area contributed by atoms with Crippen molar-refractivity contribution in [3.63, 3.8) is 0 Å². The van der Waals surface area contributed by atoms with Crippen LogP contribution in [0.2, 0.25) is 0 Å². The van der Waals surface area contributed by atoms with E-state index in [-0.39, 0.29) is 5.75 Å². The molecular formula is C11H7F2NO3. The Balaban J connectivity index is 2.88. The number of nitriles is 1. The van der Waals surface area contributed by atoms with Crippen LogP contribution in [-0.4, -0.2) is 17.7 Å². The van der Waals surface area contributed by atoms with Crippen molar-refractivity contribution in [3.05, 3.63) is 35.4 Å². The SMILES string of the molecule is N#C/C(=C\c1ccc(OC(F)F)cc1)C(=O)O. The zero-order chi connectivity index (χ0) is 12.8. The normalized spacial score (nSPS) is 11.1. The quantitative estimate of drug-likeness (QED) is 0.646. The van der Waals surface area contributed by atoms with E-state index in [0.717, 1.165) is 6.08 Å². The van der Waals surface area contributed by atoms with E-state index in [1.54, 1.807) is 0 Å². The Morgan fingerprint density at radius 1 is 1.41 bits per heavy atom. The molecule has 88 valence electrons. The molecule has 0 saturated carbocycles. The predicted octanol–water partition coefficient (Wildman–Crippen LogP) is 2.28. The molecule has 6 heteroatoms. The summed E-state index contributed by atoms with van der Waals surface area (Å²) in [6.07, 6.45) is 1.13. The number of aliphatic carboxylic acids is 1. The average molecular weight is 239 g/mol. The minimum Gasteiger partial charge on any atom is -0.477 e. The van der Waals surface area contributed by atoms with E-state index in [0.29, 0.717) is 5.56 Å². The van der Waals surface area contributed by atoms with Gasteiger partial charge in [-0.1, -0.05) is 12.1 Å². The van der Waals surface area contributed by atoms with Crippen LogP contribution in [0.4, 0.5) is 8.78 Å². The van der Waals surface area contributed by atoms with Gasteiger partial charge in [0.2, 0.25) is 0 Å². The number of rotatable bonds is 4. The monoisotopic (exact) mass is 239 g/mol. The predicted molar refractivity (Wildman–Crippen MR) is 54.3 cm³/mol. The van der Waals surface area contributed by atoms with Crippen LogP contribution in [0.3, 0.4) is 0 Å². The zero-order valence-electron chi connectivity index (χ0n) is 8.43. The molecule has 0 fully saturated rings. The van der Waals surface area contributed by atoms with Gasteiger partial charge >= 0.3 is 12.6 Å². The first-order chi connectivity index (χ1) is 8.02. The number of nitrogens with zero attached hydrogens (tertiary/aromatic N) is 1. The van der Waals surface area contributed by atoms with Crippen LogP contribution in [-0.2, 0) is 4.79 Å². The Morgan fingerprint density at radius 2 is 2.00 bits per heavy atom. The number of carboxylic acids is 1. The largest absolute Gasteiger partial charge is 0.477 e. The summed E-state index contributed by atoms with van der Waals surface area (Å²) in [5.74, 6) is -1.38. The summed E-state index contributed by atoms with van der Waals surface area (Å²) in [7, 11) is 0. The molecule has 0 aliphatic rings. The minimum absolute atomic E-state index is 0.0361. The van der Waals surface area contributed by atoms with Crippen LogP contribution in [0.1, 0.15) is 5.56 Å². The molecule has 0 amide bonds. The van der Waals surface area contributed by atoms with Crippen LogP contribution in [0.25, 0.3) is 6.08 Å². The molecule has 4 nitrogen and oxygen atoms in total. The summed E-state index contributed by atoms with van der Waals surface area (Å²) in [5, 5.41) is 17.1. The maximum Gasteiger partial charge on any atom is 0.387 e. The van der Waals surface area contributed by atoms with Gasteiger partial charge in [0, 0.05) is 0 Å². The molecule has 0 aromatic heterocycles. The highest BCUT2D eigenvalue weighted by atomic mass is 19.3. The van der Waals surface area contributed by atoms with E-state index >= 15 is 0 Å². The molecule has 0 unspecified atom stereocenters. The van der Waals surface area contributed by atoms with Gasteiger partial charge in [0.15, 0.2) is 0 Å². The molecule has 1 rings (SSSR count). The lowest BCUT2D eigenvalue weighted by atomic mass is 10.1. The summed E-state index contributed by atoms with van der Waals surface area (Å²) < 4.78 is 27.8. The molecule has 0 bridgehead atoms. The third-order valence-corrected chi connectivity index (χ3v) is 1.77. The number of halogens is 2. The summed E-state index contributed by atoms with van der Waals surface area (Å²) in [6.45, 7) is -2.91. The summed E-state index contributed by atoms with van der Waals surface area (Å²) in [6, 6.07) is 6.77. The van der Waals surface area contributed by atoms with Crippen LogP contribution >= 0.6 is 0 Å². The topological polar surface area (TPSA) is 70.3 Å². The number of carbonyl (C=O) groups is 1.